The van der Waals surface area contributed by atoms with Gasteiger partial charge in [0.25, 0.3) is 5.91 Å². The summed E-state index contributed by atoms with van der Waals surface area (Å²) >= 11 is 0. The Balaban J connectivity index is 1.87. The highest BCUT2D eigenvalue weighted by molar-refractivity contribution is 7.89. The van der Waals surface area contributed by atoms with Crippen LogP contribution in [0.5, 0.6) is 0 Å². The van der Waals surface area contributed by atoms with Gasteiger partial charge >= 0.3 is 0 Å². The maximum absolute atomic E-state index is 14.0. The minimum Gasteiger partial charge on any atom is -0.441 e. The molecule has 3 rings (SSSR count). The first-order valence-electron chi connectivity index (χ1n) is 7.89. The summed E-state index contributed by atoms with van der Waals surface area (Å²) in [7, 11) is -4.11. The lowest BCUT2D eigenvalue weighted by Gasteiger charge is -2.09. The number of benzene rings is 2. The number of hydrogen-bond acceptors (Lipinski definition) is 5. The van der Waals surface area contributed by atoms with Crippen molar-refractivity contribution in [1.82, 2.24) is 9.71 Å². The van der Waals surface area contributed by atoms with E-state index in [9.17, 15) is 17.6 Å². The molecule has 0 spiro atoms. The predicted molar refractivity (Wildman–Crippen MR) is 98.5 cm³/mol. The maximum Gasteiger partial charge on any atom is 0.255 e. The molecule has 0 unspecified atom stereocenters. The molecule has 9 heteroatoms. The third-order valence-corrected chi connectivity index (χ3v) is 5.09. The van der Waals surface area contributed by atoms with E-state index in [0.717, 1.165) is 12.1 Å². The van der Waals surface area contributed by atoms with Crippen LogP contribution in [0.25, 0.3) is 11.1 Å². The number of anilines is 1. The molecule has 27 heavy (non-hydrogen) atoms. The number of sulfonamides is 1. The molecule has 0 radical (unpaired) electrons. The molecular formula is C18H16FN3O4S. The molecule has 0 aliphatic heterocycles. The average Bonchev–Trinajstić information content (AvgIpc) is 2.99. The lowest BCUT2D eigenvalue weighted by atomic mass is 10.2. The van der Waals surface area contributed by atoms with Crippen LogP contribution >= 0.6 is 0 Å². The normalized spacial score (nSPS) is 11.5. The highest BCUT2D eigenvalue weighted by Crippen LogP contribution is 2.21. The summed E-state index contributed by atoms with van der Waals surface area (Å²) in [6.07, 6.45) is 1.33. The van der Waals surface area contributed by atoms with Crippen LogP contribution in [0.1, 0.15) is 16.2 Å². The molecule has 140 valence electrons. The van der Waals surface area contributed by atoms with Crippen LogP contribution in [-0.2, 0) is 10.0 Å². The van der Waals surface area contributed by atoms with Crippen LogP contribution in [-0.4, -0.2) is 25.9 Å². The van der Waals surface area contributed by atoms with Gasteiger partial charge in [-0.25, -0.2) is 22.5 Å². The number of amides is 1. The monoisotopic (exact) mass is 389 g/mol. The van der Waals surface area contributed by atoms with E-state index in [0.29, 0.717) is 22.7 Å². The fourth-order valence-corrected chi connectivity index (χ4v) is 3.52. The third kappa shape index (κ3) is 4.04. The zero-order chi connectivity index (χ0) is 19.6. The van der Waals surface area contributed by atoms with Gasteiger partial charge in [0.15, 0.2) is 11.5 Å². The summed E-state index contributed by atoms with van der Waals surface area (Å²) in [5, 5.41) is 2.63. The molecular weight excluding hydrogens is 373 g/mol. The van der Waals surface area contributed by atoms with E-state index in [2.05, 4.69) is 21.6 Å². The lowest BCUT2D eigenvalue weighted by molar-refractivity contribution is 0.102. The topological polar surface area (TPSA) is 101 Å². The van der Waals surface area contributed by atoms with Gasteiger partial charge in [-0.1, -0.05) is 6.08 Å². The van der Waals surface area contributed by atoms with Crippen molar-refractivity contribution in [2.24, 2.45) is 0 Å². The van der Waals surface area contributed by atoms with Crippen molar-refractivity contribution in [3.8, 4) is 0 Å². The number of oxazole rings is 1. The van der Waals surface area contributed by atoms with Crippen LogP contribution in [0.15, 0.2) is 58.4 Å². The maximum atomic E-state index is 14.0. The Morgan fingerprint density at radius 3 is 2.81 bits per heavy atom. The molecule has 1 heterocycles. The van der Waals surface area contributed by atoms with Crippen LogP contribution in [0.4, 0.5) is 10.1 Å². The lowest BCUT2D eigenvalue weighted by Crippen LogP contribution is -2.25. The molecule has 0 aliphatic carbocycles. The molecule has 0 atom stereocenters. The number of nitrogens with zero attached hydrogens (tertiary/aromatic N) is 1. The van der Waals surface area contributed by atoms with Crippen molar-refractivity contribution in [3.63, 3.8) is 0 Å². The number of nitrogens with one attached hydrogen (secondary N) is 2. The molecule has 1 aromatic heterocycles. The summed E-state index contributed by atoms with van der Waals surface area (Å²) in [6, 6.07) is 8.02. The third-order valence-electron chi connectivity index (χ3n) is 3.65. The molecule has 0 bridgehead atoms. The molecule has 0 saturated carbocycles. The Bertz CT molecular complexity index is 1140. The van der Waals surface area contributed by atoms with Gasteiger partial charge in [0.05, 0.1) is 0 Å². The number of hydrogen-bond donors (Lipinski definition) is 2. The first-order chi connectivity index (χ1) is 12.8. The number of aryl methyl sites for hydroxylation is 1. The van der Waals surface area contributed by atoms with Crippen LogP contribution in [0.2, 0.25) is 0 Å². The second-order valence-electron chi connectivity index (χ2n) is 5.66. The van der Waals surface area contributed by atoms with Crippen LogP contribution in [0, 0.1) is 12.7 Å². The fraction of sp³-hybridized carbons (Fsp3) is 0.111. The summed E-state index contributed by atoms with van der Waals surface area (Å²) < 4.78 is 45.8. The largest absolute Gasteiger partial charge is 0.441 e. The number of halogens is 1. The van der Waals surface area contributed by atoms with Gasteiger partial charge in [-0.3, -0.25) is 4.79 Å². The van der Waals surface area contributed by atoms with Crippen molar-refractivity contribution in [3.05, 3.63) is 66.3 Å². The first-order valence-corrected chi connectivity index (χ1v) is 9.37. The number of rotatable bonds is 6. The summed E-state index contributed by atoms with van der Waals surface area (Å²) in [6.45, 7) is 5.05. The minimum atomic E-state index is -4.11. The molecule has 2 N–H and O–H groups in total. The number of carbonyl (C=O) groups is 1. The van der Waals surface area contributed by atoms with Crippen molar-refractivity contribution in [2.45, 2.75) is 11.8 Å². The van der Waals surface area contributed by atoms with Crippen LogP contribution < -0.4 is 10.0 Å². The van der Waals surface area contributed by atoms with Gasteiger partial charge in [-0.05, 0) is 36.4 Å². The highest BCUT2D eigenvalue weighted by Gasteiger charge is 2.20. The minimum absolute atomic E-state index is 0.00758. The van der Waals surface area contributed by atoms with E-state index >= 15 is 0 Å². The standard InChI is InChI=1S/C18H16FN3O4S/c1-3-8-20-27(24,25)17-9-12(4-6-14(17)19)18(23)22-13-5-7-16-15(10-13)21-11(2)26-16/h3-7,9-10,20H,1,8H2,2H3,(H,22,23). The van der Waals surface area contributed by atoms with Gasteiger partial charge in [-0.15, -0.1) is 6.58 Å². The Labute approximate surface area is 155 Å². The molecule has 0 saturated heterocycles. The predicted octanol–water partition coefficient (Wildman–Crippen LogP) is 2.99. The Morgan fingerprint density at radius 2 is 2.07 bits per heavy atom. The average molecular weight is 389 g/mol. The number of aromatic nitrogens is 1. The number of carbonyl (C=O) groups excluding carboxylic acids is 1. The summed E-state index contributed by atoms with van der Waals surface area (Å²) in [5.74, 6) is -1.05. The summed E-state index contributed by atoms with van der Waals surface area (Å²) in [5.41, 5.74) is 1.58. The van der Waals surface area contributed by atoms with E-state index in [1.165, 1.54) is 12.1 Å². The quantitative estimate of drug-likeness (QED) is 0.631. The molecule has 3 aromatic rings. The molecule has 1 amide bonds. The second kappa shape index (κ2) is 7.29. The SMILES string of the molecule is C=CCNS(=O)(=O)c1cc(C(=O)Nc2ccc3oc(C)nc3c2)ccc1F. The Morgan fingerprint density at radius 1 is 1.30 bits per heavy atom. The zero-order valence-corrected chi connectivity index (χ0v) is 15.1. The Hall–Kier alpha value is -3.04. The van der Waals surface area contributed by atoms with E-state index in [1.807, 2.05) is 0 Å². The van der Waals surface area contributed by atoms with Gasteiger partial charge < -0.3 is 9.73 Å². The number of fused-ring (bicyclic) bond motifs is 1. The van der Waals surface area contributed by atoms with Gasteiger partial charge in [-0.2, -0.15) is 0 Å². The van der Waals surface area contributed by atoms with Gasteiger partial charge in [0.2, 0.25) is 10.0 Å². The van der Waals surface area contributed by atoms with Crippen LogP contribution in [0.3, 0.4) is 0 Å². The van der Waals surface area contributed by atoms with Crippen molar-refractivity contribution in [1.29, 1.82) is 0 Å². The van der Waals surface area contributed by atoms with E-state index in [4.69, 9.17) is 4.42 Å². The van der Waals surface area contributed by atoms with E-state index in [1.54, 1.807) is 25.1 Å². The molecule has 7 nitrogen and oxygen atoms in total. The molecule has 0 aliphatic rings. The van der Waals surface area contributed by atoms with E-state index < -0.39 is 26.6 Å². The van der Waals surface area contributed by atoms with Crippen molar-refractivity contribution in [2.75, 3.05) is 11.9 Å². The Kier molecular flexibility index (Phi) is 5.06. The second-order valence-corrected chi connectivity index (χ2v) is 7.39. The van der Waals surface area contributed by atoms with Gasteiger partial charge in [0.1, 0.15) is 16.2 Å². The van der Waals surface area contributed by atoms with Gasteiger partial charge in [0, 0.05) is 24.7 Å². The molecule has 2 aromatic carbocycles. The zero-order valence-electron chi connectivity index (χ0n) is 14.3. The molecule has 0 fully saturated rings. The summed E-state index contributed by atoms with van der Waals surface area (Å²) in [4.78, 5) is 16.0. The van der Waals surface area contributed by atoms with E-state index in [-0.39, 0.29) is 12.1 Å². The smallest absolute Gasteiger partial charge is 0.255 e. The first kappa shape index (κ1) is 18.7. The fourth-order valence-electron chi connectivity index (χ4n) is 2.42. The van der Waals surface area contributed by atoms with Crippen molar-refractivity contribution >= 4 is 32.7 Å². The van der Waals surface area contributed by atoms with Crippen molar-refractivity contribution < 1.29 is 22.0 Å². The highest BCUT2D eigenvalue weighted by atomic mass is 32.2.